The van der Waals surface area contributed by atoms with E-state index < -0.39 is 47.6 Å². The fourth-order valence-electron chi connectivity index (χ4n) is 5.20. The van der Waals surface area contributed by atoms with E-state index in [2.05, 4.69) is 11.4 Å². The van der Waals surface area contributed by atoms with Gasteiger partial charge in [-0.05, 0) is 35.6 Å². The highest BCUT2D eigenvalue weighted by atomic mass is 16.2. The summed E-state index contributed by atoms with van der Waals surface area (Å²) in [7, 11) is 1.35. The number of benzene rings is 2. The lowest BCUT2D eigenvalue weighted by atomic mass is 9.80. The molecule has 0 radical (unpaired) electrons. The van der Waals surface area contributed by atoms with Gasteiger partial charge in [0.2, 0.25) is 11.8 Å². The van der Waals surface area contributed by atoms with E-state index in [1.165, 1.54) is 11.9 Å². The van der Waals surface area contributed by atoms with Gasteiger partial charge in [0.05, 0.1) is 11.5 Å². The molecule has 198 valence electrons. The first kappa shape index (κ1) is 23.0. The third-order valence-electron chi connectivity index (χ3n) is 7.17. The molecule has 0 saturated carbocycles. The summed E-state index contributed by atoms with van der Waals surface area (Å²) in [5, 5.41) is 12.9. The van der Waals surface area contributed by atoms with E-state index in [9.17, 15) is 24.4 Å². The molecule has 2 aliphatic heterocycles. The second-order valence-corrected chi connectivity index (χ2v) is 11.1. The van der Waals surface area contributed by atoms with E-state index in [-0.39, 0.29) is 25.3 Å². The minimum Gasteiger partial charge on any atom is -0.325 e. The van der Waals surface area contributed by atoms with Gasteiger partial charge >= 0.3 is 11.8 Å². The molecular formula is C29H33N5O4. The van der Waals surface area contributed by atoms with Crippen LogP contribution in [0.2, 0.25) is 0 Å². The number of fused-ring (bicyclic) bond motifs is 2. The van der Waals surface area contributed by atoms with Gasteiger partial charge in [-0.2, -0.15) is 5.26 Å². The zero-order chi connectivity index (χ0) is 30.3. The van der Waals surface area contributed by atoms with Gasteiger partial charge < -0.3 is 20.0 Å². The van der Waals surface area contributed by atoms with Crippen molar-refractivity contribution in [1.29, 1.82) is 5.26 Å². The van der Waals surface area contributed by atoms with Crippen LogP contribution in [0.25, 0.3) is 0 Å². The minimum atomic E-state index is -3.16. The number of likely N-dealkylation sites (tertiary alicyclic amines) is 1. The van der Waals surface area contributed by atoms with E-state index in [0.717, 1.165) is 4.90 Å². The Morgan fingerprint density at radius 2 is 1.82 bits per heavy atom. The van der Waals surface area contributed by atoms with Gasteiger partial charge in [0.15, 0.2) is 0 Å². The predicted octanol–water partition coefficient (Wildman–Crippen LogP) is 2.93. The summed E-state index contributed by atoms with van der Waals surface area (Å²) in [6.07, 6.45) is -0.0968. The lowest BCUT2D eigenvalue weighted by molar-refractivity contribution is -0.150. The van der Waals surface area contributed by atoms with Crippen LogP contribution >= 0.6 is 0 Å². The summed E-state index contributed by atoms with van der Waals surface area (Å²) < 4.78 is 24.6. The smallest absolute Gasteiger partial charge is 0.316 e. The Kier molecular flexibility index (Phi) is 6.00. The van der Waals surface area contributed by atoms with Crippen molar-refractivity contribution in [3.05, 3.63) is 60.2 Å². The monoisotopic (exact) mass is 518 g/mol. The second kappa shape index (κ2) is 9.93. The highest BCUT2D eigenvalue weighted by molar-refractivity contribution is 6.40. The van der Waals surface area contributed by atoms with Crippen molar-refractivity contribution < 1.29 is 23.3 Å². The number of likely N-dealkylation sites (N-methyl/N-ethyl adjacent to an activating group) is 2. The number of hydrogen-bond acceptors (Lipinski definition) is 5. The molecule has 2 heterocycles. The van der Waals surface area contributed by atoms with Crippen LogP contribution in [-0.4, -0.2) is 66.1 Å². The van der Waals surface area contributed by atoms with Gasteiger partial charge in [0.1, 0.15) is 12.1 Å². The number of nitrogens with zero attached hydrogens (tertiary/aromatic N) is 4. The highest BCUT2D eigenvalue weighted by Gasteiger charge is 2.57. The van der Waals surface area contributed by atoms with Crippen LogP contribution < -0.4 is 10.2 Å². The van der Waals surface area contributed by atoms with E-state index >= 15 is 0 Å². The summed E-state index contributed by atoms with van der Waals surface area (Å²) >= 11 is 0. The molecule has 0 aliphatic carbocycles. The summed E-state index contributed by atoms with van der Waals surface area (Å²) in [6.45, 7) is 2.00. The highest BCUT2D eigenvalue weighted by Crippen LogP contribution is 2.46. The molecule has 2 aliphatic rings. The fourth-order valence-corrected chi connectivity index (χ4v) is 5.20. The Labute approximate surface area is 227 Å². The Bertz CT molecular complexity index is 1420. The predicted molar refractivity (Wildman–Crippen MR) is 143 cm³/mol. The molecular weight excluding hydrogens is 482 g/mol. The zero-order valence-electron chi connectivity index (χ0n) is 24.9. The molecule has 2 aromatic rings. The van der Waals surface area contributed by atoms with Gasteiger partial charge in [-0.15, -0.1) is 0 Å². The number of rotatable bonds is 4. The Balaban J connectivity index is 1.74. The average Bonchev–Trinajstić information content (AvgIpc) is 3.43. The molecule has 1 spiro atoms. The first-order chi connectivity index (χ1) is 19.1. The standard InChI is InChI=1S/C29H33N5O4/c1-28(2,3)16-23(33(5)26(37)25(36)32(4)19-11-7-6-8-12-19)24(35)34-18-29(15-20(34)17-30)21-13-9-10-14-22(21)31-27(29)38/h6-14,20,23H,15-16,18H2,1-5H3,(H,31,38)/t20-,23-,29-/m0/s1/i5D3. The van der Waals surface area contributed by atoms with Crippen LogP contribution in [0, 0.1) is 16.7 Å². The summed E-state index contributed by atoms with van der Waals surface area (Å²) in [5.74, 6) is -3.66. The normalized spacial score (nSPS) is 22.4. The topological polar surface area (TPSA) is 114 Å². The molecule has 9 nitrogen and oxygen atoms in total. The van der Waals surface area contributed by atoms with Crippen molar-refractivity contribution in [2.24, 2.45) is 5.41 Å². The van der Waals surface area contributed by atoms with E-state index in [1.54, 1.807) is 75.4 Å². The number of amides is 4. The number of carbonyl (C=O) groups is 4. The minimum absolute atomic E-state index is 0.0116. The molecule has 38 heavy (non-hydrogen) atoms. The van der Waals surface area contributed by atoms with E-state index in [1.807, 2.05) is 0 Å². The number of hydrogen-bond donors (Lipinski definition) is 1. The van der Waals surface area contributed by atoms with Gasteiger partial charge in [0.25, 0.3) is 0 Å². The lowest BCUT2D eigenvalue weighted by Crippen LogP contribution is -2.55. The average molecular weight is 519 g/mol. The summed E-state index contributed by atoms with van der Waals surface area (Å²) in [4.78, 5) is 57.0. The van der Waals surface area contributed by atoms with Crippen LogP contribution in [-0.2, 0) is 24.6 Å². The number of anilines is 2. The van der Waals surface area contributed by atoms with Crippen LogP contribution in [0.1, 0.15) is 43.3 Å². The third-order valence-corrected chi connectivity index (χ3v) is 7.17. The van der Waals surface area contributed by atoms with Crippen molar-refractivity contribution in [3.8, 4) is 6.07 Å². The van der Waals surface area contributed by atoms with E-state index in [0.29, 0.717) is 21.8 Å². The second-order valence-electron chi connectivity index (χ2n) is 11.1. The number of nitrogens with one attached hydrogen (secondary N) is 1. The maximum absolute atomic E-state index is 14.3. The molecule has 0 bridgehead atoms. The van der Waals surface area contributed by atoms with Crippen molar-refractivity contribution >= 4 is 35.0 Å². The van der Waals surface area contributed by atoms with Crippen molar-refractivity contribution in [2.75, 3.05) is 30.8 Å². The Hall–Kier alpha value is -4.19. The zero-order valence-corrected chi connectivity index (χ0v) is 21.9. The lowest BCUT2D eigenvalue weighted by Gasteiger charge is -2.36. The van der Waals surface area contributed by atoms with Crippen molar-refractivity contribution in [1.82, 2.24) is 9.80 Å². The number of nitriles is 1. The Morgan fingerprint density at radius 3 is 2.45 bits per heavy atom. The third kappa shape index (κ3) is 4.74. The van der Waals surface area contributed by atoms with Crippen molar-refractivity contribution in [2.45, 2.75) is 51.1 Å². The summed E-state index contributed by atoms with van der Waals surface area (Å²) in [6, 6.07) is 14.7. The van der Waals surface area contributed by atoms with Gasteiger partial charge in [-0.1, -0.05) is 57.2 Å². The quantitative estimate of drug-likeness (QED) is 0.625. The molecule has 0 aromatic heterocycles. The molecule has 3 atom stereocenters. The van der Waals surface area contributed by atoms with Crippen LogP contribution in [0.3, 0.4) is 0 Å². The maximum atomic E-state index is 14.3. The molecule has 1 N–H and O–H groups in total. The molecule has 1 fully saturated rings. The molecule has 4 amide bonds. The maximum Gasteiger partial charge on any atom is 0.316 e. The first-order valence-electron chi connectivity index (χ1n) is 13.9. The fraction of sp³-hybridized carbons (Fsp3) is 0.414. The van der Waals surface area contributed by atoms with Gasteiger partial charge in [-0.25, -0.2) is 0 Å². The van der Waals surface area contributed by atoms with Crippen LogP contribution in [0.5, 0.6) is 0 Å². The van der Waals surface area contributed by atoms with E-state index in [4.69, 9.17) is 4.11 Å². The van der Waals surface area contributed by atoms with Gasteiger partial charge in [0, 0.05) is 42.5 Å². The number of para-hydroxylation sites is 2. The largest absolute Gasteiger partial charge is 0.325 e. The Morgan fingerprint density at radius 1 is 1.16 bits per heavy atom. The van der Waals surface area contributed by atoms with Gasteiger partial charge in [-0.3, -0.25) is 19.2 Å². The molecule has 0 unspecified atom stereocenters. The molecule has 4 rings (SSSR count). The van der Waals surface area contributed by atoms with Crippen LogP contribution in [0.4, 0.5) is 11.4 Å². The molecule has 1 saturated heterocycles. The van der Waals surface area contributed by atoms with Crippen LogP contribution in [0.15, 0.2) is 54.6 Å². The summed E-state index contributed by atoms with van der Waals surface area (Å²) in [5.41, 5.74) is -0.251. The first-order valence-corrected chi connectivity index (χ1v) is 12.4. The SMILES string of the molecule is [2H]C([2H])([2H])N(C(=O)C(=O)N(C)c1ccccc1)[C@@H](CC(C)(C)C)C(=O)N1C[C@]2(C[C@H]1C#N)C(=O)Nc1ccccc12. The molecule has 2 aromatic carbocycles. The number of carbonyl (C=O) groups excluding carboxylic acids is 4. The van der Waals surface area contributed by atoms with Crippen molar-refractivity contribution in [3.63, 3.8) is 0 Å². The molecule has 9 heteroatoms.